The van der Waals surface area contributed by atoms with Gasteiger partial charge in [-0.1, -0.05) is 12.1 Å². The summed E-state index contributed by atoms with van der Waals surface area (Å²) < 4.78 is 3.64. The Morgan fingerprint density at radius 2 is 2.17 bits per heavy atom. The molecule has 0 saturated heterocycles. The van der Waals surface area contributed by atoms with Crippen LogP contribution in [0.2, 0.25) is 0 Å². The molecule has 2 aromatic heterocycles. The van der Waals surface area contributed by atoms with Crippen LogP contribution in [0.25, 0.3) is 11.0 Å². The Bertz CT molecular complexity index is 670. The van der Waals surface area contributed by atoms with Crippen molar-refractivity contribution in [3.63, 3.8) is 0 Å². The lowest BCUT2D eigenvalue weighted by molar-refractivity contribution is 0.158. The van der Waals surface area contributed by atoms with Gasteiger partial charge in [-0.25, -0.2) is 4.98 Å². The predicted molar refractivity (Wildman–Crippen MR) is 67.9 cm³/mol. The number of aryl methyl sites for hydroxylation is 1. The van der Waals surface area contributed by atoms with E-state index in [-0.39, 0.29) is 0 Å². The Kier molecular flexibility index (Phi) is 2.60. The van der Waals surface area contributed by atoms with Gasteiger partial charge in [0, 0.05) is 18.8 Å². The van der Waals surface area contributed by atoms with E-state index in [2.05, 4.69) is 10.1 Å². The number of aliphatic hydroxyl groups is 1. The molecule has 0 fully saturated rings. The van der Waals surface area contributed by atoms with Crippen molar-refractivity contribution >= 4 is 11.0 Å². The molecule has 0 saturated carbocycles. The van der Waals surface area contributed by atoms with Gasteiger partial charge in [0.2, 0.25) is 0 Å². The van der Waals surface area contributed by atoms with Gasteiger partial charge in [0.25, 0.3) is 0 Å². The van der Waals surface area contributed by atoms with E-state index in [1.807, 2.05) is 42.1 Å². The number of nitrogens with zero attached hydrogens (tertiary/aromatic N) is 4. The Balaban J connectivity index is 1.88. The first-order valence-corrected chi connectivity index (χ1v) is 5.80. The molecule has 18 heavy (non-hydrogen) atoms. The van der Waals surface area contributed by atoms with Gasteiger partial charge in [-0.05, 0) is 12.1 Å². The SMILES string of the molecule is Cn1cc(C(O)Cn2cnc3ccccc32)cn1. The van der Waals surface area contributed by atoms with Crippen molar-refractivity contribution in [3.05, 3.63) is 48.5 Å². The van der Waals surface area contributed by atoms with E-state index in [0.717, 1.165) is 16.6 Å². The summed E-state index contributed by atoms with van der Waals surface area (Å²) in [5.74, 6) is 0. The largest absolute Gasteiger partial charge is 0.386 e. The van der Waals surface area contributed by atoms with E-state index in [4.69, 9.17) is 0 Å². The summed E-state index contributed by atoms with van der Waals surface area (Å²) in [7, 11) is 1.84. The van der Waals surface area contributed by atoms with Crippen molar-refractivity contribution < 1.29 is 5.11 Å². The quantitative estimate of drug-likeness (QED) is 0.757. The molecule has 5 nitrogen and oxygen atoms in total. The van der Waals surface area contributed by atoms with Gasteiger partial charge in [0.05, 0.1) is 36.2 Å². The Morgan fingerprint density at radius 3 is 2.94 bits per heavy atom. The molecule has 5 heteroatoms. The maximum atomic E-state index is 10.2. The average Bonchev–Trinajstić information content (AvgIpc) is 2.97. The number of para-hydroxylation sites is 2. The summed E-state index contributed by atoms with van der Waals surface area (Å²) >= 11 is 0. The number of imidazole rings is 1. The highest BCUT2D eigenvalue weighted by molar-refractivity contribution is 5.74. The van der Waals surface area contributed by atoms with E-state index < -0.39 is 6.10 Å². The third-order valence-corrected chi connectivity index (χ3v) is 3.01. The lowest BCUT2D eigenvalue weighted by Crippen LogP contribution is -2.07. The second-order valence-corrected chi connectivity index (χ2v) is 4.35. The molecule has 3 rings (SSSR count). The van der Waals surface area contributed by atoms with Crippen molar-refractivity contribution in [3.8, 4) is 0 Å². The molecular weight excluding hydrogens is 228 g/mol. The van der Waals surface area contributed by atoms with Gasteiger partial charge in [-0.3, -0.25) is 4.68 Å². The molecule has 2 heterocycles. The van der Waals surface area contributed by atoms with Crippen LogP contribution in [0.5, 0.6) is 0 Å². The zero-order valence-corrected chi connectivity index (χ0v) is 10.1. The van der Waals surface area contributed by atoms with Gasteiger partial charge in [0.1, 0.15) is 0 Å². The third kappa shape index (κ3) is 1.89. The number of benzene rings is 1. The van der Waals surface area contributed by atoms with Crippen molar-refractivity contribution in [1.82, 2.24) is 19.3 Å². The maximum Gasteiger partial charge on any atom is 0.0999 e. The Hall–Kier alpha value is -2.14. The van der Waals surface area contributed by atoms with E-state index in [1.165, 1.54) is 0 Å². The average molecular weight is 242 g/mol. The van der Waals surface area contributed by atoms with Crippen LogP contribution in [0.1, 0.15) is 11.7 Å². The minimum atomic E-state index is -0.573. The van der Waals surface area contributed by atoms with E-state index in [9.17, 15) is 5.11 Å². The summed E-state index contributed by atoms with van der Waals surface area (Å²) in [6.45, 7) is 0.478. The fraction of sp³-hybridized carbons (Fsp3) is 0.231. The fourth-order valence-corrected chi connectivity index (χ4v) is 2.06. The molecule has 0 spiro atoms. The smallest absolute Gasteiger partial charge is 0.0999 e. The number of rotatable bonds is 3. The number of aromatic nitrogens is 4. The summed E-state index contributed by atoms with van der Waals surface area (Å²) in [6.07, 6.45) is 4.69. The van der Waals surface area contributed by atoms with Gasteiger partial charge in [-0.15, -0.1) is 0 Å². The topological polar surface area (TPSA) is 55.9 Å². The number of fused-ring (bicyclic) bond motifs is 1. The highest BCUT2D eigenvalue weighted by atomic mass is 16.3. The first kappa shape index (κ1) is 11.0. The zero-order valence-electron chi connectivity index (χ0n) is 10.1. The van der Waals surface area contributed by atoms with Gasteiger partial charge >= 0.3 is 0 Å². The number of hydrogen-bond donors (Lipinski definition) is 1. The predicted octanol–water partition coefficient (Wildman–Crippen LogP) is 1.50. The lowest BCUT2D eigenvalue weighted by atomic mass is 10.2. The molecule has 0 radical (unpaired) electrons. The molecule has 0 bridgehead atoms. The van der Waals surface area contributed by atoms with Crippen LogP contribution in [-0.4, -0.2) is 24.4 Å². The molecular formula is C13H14N4O. The minimum absolute atomic E-state index is 0.478. The molecule has 0 aliphatic carbocycles. The van der Waals surface area contributed by atoms with E-state index >= 15 is 0 Å². The van der Waals surface area contributed by atoms with E-state index in [0.29, 0.717) is 6.54 Å². The number of aliphatic hydroxyl groups excluding tert-OH is 1. The van der Waals surface area contributed by atoms with Crippen molar-refractivity contribution in [2.24, 2.45) is 7.05 Å². The van der Waals surface area contributed by atoms with Crippen LogP contribution >= 0.6 is 0 Å². The zero-order chi connectivity index (χ0) is 12.5. The fourth-order valence-electron chi connectivity index (χ4n) is 2.06. The maximum absolute atomic E-state index is 10.2. The molecule has 0 aliphatic heterocycles. The molecule has 1 N–H and O–H groups in total. The Morgan fingerprint density at radius 1 is 1.33 bits per heavy atom. The van der Waals surface area contributed by atoms with Crippen LogP contribution in [0.15, 0.2) is 43.0 Å². The van der Waals surface area contributed by atoms with Crippen LogP contribution in [-0.2, 0) is 13.6 Å². The minimum Gasteiger partial charge on any atom is -0.386 e. The van der Waals surface area contributed by atoms with Crippen LogP contribution in [0.4, 0.5) is 0 Å². The standard InChI is InChI=1S/C13H14N4O/c1-16-7-10(6-15-16)13(18)8-17-9-14-11-4-2-3-5-12(11)17/h2-7,9,13,18H,8H2,1H3. The molecule has 1 aromatic carbocycles. The van der Waals surface area contributed by atoms with Crippen molar-refractivity contribution in [1.29, 1.82) is 0 Å². The molecule has 1 unspecified atom stereocenters. The normalized spacial score (nSPS) is 13.0. The molecule has 0 aliphatic rings. The summed E-state index contributed by atoms with van der Waals surface area (Å²) in [5, 5.41) is 14.2. The summed E-state index contributed by atoms with van der Waals surface area (Å²) in [4.78, 5) is 4.30. The van der Waals surface area contributed by atoms with Gasteiger partial charge in [0.15, 0.2) is 0 Å². The lowest BCUT2D eigenvalue weighted by Gasteiger charge is -2.10. The van der Waals surface area contributed by atoms with Crippen LogP contribution < -0.4 is 0 Å². The van der Waals surface area contributed by atoms with Gasteiger partial charge < -0.3 is 9.67 Å². The van der Waals surface area contributed by atoms with Gasteiger partial charge in [-0.2, -0.15) is 5.10 Å². The van der Waals surface area contributed by atoms with E-state index in [1.54, 1.807) is 17.2 Å². The van der Waals surface area contributed by atoms with Crippen molar-refractivity contribution in [2.75, 3.05) is 0 Å². The first-order chi connectivity index (χ1) is 8.74. The summed E-state index contributed by atoms with van der Waals surface area (Å²) in [6, 6.07) is 7.88. The Labute approximate surface area is 104 Å². The van der Waals surface area contributed by atoms with Crippen molar-refractivity contribution in [2.45, 2.75) is 12.6 Å². The highest BCUT2D eigenvalue weighted by Gasteiger charge is 2.11. The monoisotopic (exact) mass is 242 g/mol. The van der Waals surface area contributed by atoms with Crippen LogP contribution in [0, 0.1) is 0 Å². The molecule has 1 atom stereocenters. The molecule has 0 amide bonds. The summed E-state index contributed by atoms with van der Waals surface area (Å²) in [5.41, 5.74) is 2.78. The highest BCUT2D eigenvalue weighted by Crippen LogP contribution is 2.18. The second kappa shape index (κ2) is 4.27. The van der Waals surface area contributed by atoms with Crippen LogP contribution in [0.3, 0.4) is 0 Å². The first-order valence-electron chi connectivity index (χ1n) is 5.80. The second-order valence-electron chi connectivity index (χ2n) is 4.35. The molecule has 3 aromatic rings. The number of hydrogen-bond acceptors (Lipinski definition) is 3. The molecule has 92 valence electrons. The third-order valence-electron chi connectivity index (χ3n) is 3.01.